The van der Waals surface area contributed by atoms with E-state index >= 15 is 0 Å². The first-order chi connectivity index (χ1) is 12.6. The number of rotatable bonds is 3. The van der Waals surface area contributed by atoms with Crippen molar-refractivity contribution < 1.29 is 22.4 Å². The molecule has 0 aliphatic heterocycles. The van der Waals surface area contributed by atoms with Gasteiger partial charge in [-0.3, -0.25) is 9.48 Å². The van der Waals surface area contributed by atoms with Gasteiger partial charge >= 0.3 is 6.18 Å². The lowest BCUT2D eigenvalue weighted by Crippen LogP contribution is -2.13. The quantitative estimate of drug-likeness (QED) is 0.683. The number of hydrogen-bond acceptors (Lipinski definition) is 4. The predicted octanol–water partition coefficient (Wildman–Crippen LogP) is 3.47. The number of pyridine rings is 1. The van der Waals surface area contributed by atoms with Crippen LogP contribution in [0.5, 0.6) is 0 Å². The second-order valence-corrected chi connectivity index (χ2v) is 5.63. The number of benzene rings is 1. The first-order valence-corrected chi connectivity index (χ1v) is 7.60. The minimum absolute atomic E-state index is 0.0800. The van der Waals surface area contributed by atoms with Crippen molar-refractivity contribution in [3.8, 4) is 11.3 Å². The van der Waals surface area contributed by atoms with E-state index in [-0.39, 0.29) is 28.5 Å². The Hall–Kier alpha value is -3.43. The normalized spacial score (nSPS) is 11.4. The van der Waals surface area contributed by atoms with Crippen LogP contribution < -0.4 is 11.1 Å². The first-order valence-electron chi connectivity index (χ1n) is 7.60. The largest absolute Gasteiger partial charge is 0.435 e. The lowest BCUT2D eigenvalue weighted by Gasteiger charge is -2.09. The summed E-state index contributed by atoms with van der Waals surface area (Å²) in [6, 6.07) is 8.57. The summed E-state index contributed by atoms with van der Waals surface area (Å²) in [6.45, 7) is 0. The second-order valence-electron chi connectivity index (χ2n) is 5.63. The van der Waals surface area contributed by atoms with E-state index in [9.17, 15) is 22.4 Å². The number of amides is 1. The van der Waals surface area contributed by atoms with E-state index < -0.39 is 23.6 Å². The van der Waals surface area contributed by atoms with Crippen LogP contribution in [0, 0.1) is 5.82 Å². The van der Waals surface area contributed by atoms with Crippen molar-refractivity contribution in [2.75, 3.05) is 11.1 Å². The molecule has 0 atom stereocenters. The Labute approximate surface area is 150 Å². The van der Waals surface area contributed by atoms with Crippen LogP contribution in [0.1, 0.15) is 16.1 Å². The first kappa shape index (κ1) is 18.4. The Morgan fingerprint density at radius 3 is 2.37 bits per heavy atom. The summed E-state index contributed by atoms with van der Waals surface area (Å²) >= 11 is 0. The lowest BCUT2D eigenvalue weighted by molar-refractivity contribution is -0.141. The fourth-order valence-corrected chi connectivity index (χ4v) is 2.41. The molecule has 0 saturated heterocycles. The molecule has 2 heterocycles. The zero-order valence-electron chi connectivity index (χ0n) is 13.9. The van der Waals surface area contributed by atoms with E-state index in [2.05, 4.69) is 15.4 Å². The van der Waals surface area contributed by atoms with Gasteiger partial charge in [-0.05, 0) is 42.5 Å². The molecule has 0 saturated carbocycles. The van der Waals surface area contributed by atoms with E-state index in [0.29, 0.717) is 0 Å². The monoisotopic (exact) mass is 379 g/mol. The molecule has 0 bridgehead atoms. The molecule has 1 amide bonds. The Kier molecular flexibility index (Phi) is 4.56. The molecule has 10 heteroatoms. The fraction of sp³-hybridized carbons (Fsp3) is 0.118. The maximum absolute atomic E-state index is 12.9. The molecule has 0 unspecified atom stereocenters. The van der Waals surface area contributed by atoms with Gasteiger partial charge in [-0.1, -0.05) is 0 Å². The molecule has 0 aliphatic rings. The zero-order valence-corrected chi connectivity index (χ0v) is 13.9. The molecule has 3 aromatic rings. The number of carbonyl (C=O) groups is 1. The van der Waals surface area contributed by atoms with Gasteiger partial charge in [0, 0.05) is 18.2 Å². The Balaban J connectivity index is 1.85. The van der Waals surface area contributed by atoms with Crippen molar-refractivity contribution in [1.29, 1.82) is 0 Å². The minimum Gasteiger partial charge on any atom is -0.383 e. The standard InChI is InChI=1S/C17H13F4N5O/c1-26-12(8-13(25-26)17(19,20)21)11-6-7-14(23-15(11)22)24-16(27)9-2-4-10(18)5-3-9/h2-8H,1H3,(H3,22,23,24,27). The maximum atomic E-state index is 12.9. The summed E-state index contributed by atoms with van der Waals surface area (Å²) in [5, 5.41) is 5.91. The smallest absolute Gasteiger partial charge is 0.383 e. The highest BCUT2D eigenvalue weighted by Gasteiger charge is 2.35. The van der Waals surface area contributed by atoms with E-state index in [1.165, 1.54) is 31.3 Å². The van der Waals surface area contributed by atoms with Gasteiger partial charge < -0.3 is 11.1 Å². The van der Waals surface area contributed by atoms with Gasteiger partial charge in [0.15, 0.2) is 5.69 Å². The average Bonchev–Trinajstić information content (AvgIpc) is 2.97. The molecule has 1 aromatic carbocycles. The highest BCUT2D eigenvalue weighted by Crippen LogP contribution is 2.33. The van der Waals surface area contributed by atoms with Crippen molar-refractivity contribution in [2.45, 2.75) is 6.18 Å². The molecule has 27 heavy (non-hydrogen) atoms. The number of anilines is 2. The third-order valence-corrected chi connectivity index (χ3v) is 3.72. The number of hydrogen-bond donors (Lipinski definition) is 2. The fourth-order valence-electron chi connectivity index (χ4n) is 2.41. The van der Waals surface area contributed by atoms with Crippen LogP contribution in [0.2, 0.25) is 0 Å². The van der Waals surface area contributed by atoms with Gasteiger partial charge in [-0.2, -0.15) is 18.3 Å². The van der Waals surface area contributed by atoms with Crippen LogP contribution in [0.4, 0.5) is 29.2 Å². The van der Waals surface area contributed by atoms with E-state index in [0.717, 1.165) is 22.9 Å². The van der Waals surface area contributed by atoms with E-state index in [1.54, 1.807) is 0 Å². The predicted molar refractivity (Wildman–Crippen MR) is 90.2 cm³/mol. The second kappa shape index (κ2) is 6.71. The molecule has 0 aliphatic carbocycles. The molecule has 6 nitrogen and oxygen atoms in total. The highest BCUT2D eigenvalue weighted by molar-refractivity contribution is 6.03. The number of aryl methyl sites for hydroxylation is 1. The van der Waals surface area contributed by atoms with Gasteiger partial charge in [0.05, 0.1) is 5.69 Å². The van der Waals surface area contributed by atoms with Gasteiger partial charge in [0.1, 0.15) is 17.5 Å². The van der Waals surface area contributed by atoms with Crippen LogP contribution in [0.15, 0.2) is 42.5 Å². The van der Waals surface area contributed by atoms with Gasteiger partial charge in [-0.25, -0.2) is 9.37 Å². The molecule has 3 N–H and O–H groups in total. The molecular formula is C17H13F4N5O. The van der Waals surface area contributed by atoms with Crippen LogP contribution in [0.3, 0.4) is 0 Å². The third kappa shape index (κ3) is 3.89. The summed E-state index contributed by atoms with van der Waals surface area (Å²) in [5.41, 5.74) is 5.37. The van der Waals surface area contributed by atoms with Crippen molar-refractivity contribution >= 4 is 17.5 Å². The number of nitrogens with two attached hydrogens (primary N) is 1. The topological polar surface area (TPSA) is 85.8 Å². The number of alkyl halides is 3. The molecular weight excluding hydrogens is 366 g/mol. The molecule has 140 valence electrons. The number of nitrogen functional groups attached to an aromatic ring is 1. The molecule has 3 rings (SSSR count). The number of nitrogens with zero attached hydrogens (tertiary/aromatic N) is 3. The Bertz CT molecular complexity index is 996. The number of aromatic nitrogens is 3. The number of nitrogens with one attached hydrogen (secondary N) is 1. The summed E-state index contributed by atoms with van der Waals surface area (Å²) in [4.78, 5) is 16.1. The lowest BCUT2D eigenvalue weighted by atomic mass is 10.1. The van der Waals surface area contributed by atoms with Gasteiger partial charge in [-0.15, -0.1) is 0 Å². The summed E-state index contributed by atoms with van der Waals surface area (Å²) < 4.78 is 52.3. The third-order valence-electron chi connectivity index (χ3n) is 3.72. The van der Waals surface area contributed by atoms with Crippen molar-refractivity contribution in [3.05, 3.63) is 59.5 Å². The van der Waals surface area contributed by atoms with Crippen LogP contribution in [-0.4, -0.2) is 20.7 Å². The molecule has 0 spiro atoms. The van der Waals surface area contributed by atoms with Crippen LogP contribution in [0.25, 0.3) is 11.3 Å². The maximum Gasteiger partial charge on any atom is 0.435 e. The minimum atomic E-state index is -4.58. The SMILES string of the molecule is Cn1nc(C(F)(F)F)cc1-c1ccc(NC(=O)c2ccc(F)cc2)nc1N. The number of carbonyl (C=O) groups excluding carboxylic acids is 1. The summed E-state index contributed by atoms with van der Waals surface area (Å²) in [5.74, 6) is -0.991. The van der Waals surface area contributed by atoms with Gasteiger partial charge in [0.2, 0.25) is 0 Å². The zero-order chi connectivity index (χ0) is 19.8. The molecule has 0 radical (unpaired) electrons. The van der Waals surface area contributed by atoms with Crippen molar-refractivity contribution in [1.82, 2.24) is 14.8 Å². The van der Waals surface area contributed by atoms with Crippen LogP contribution in [-0.2, 0) is 13.2 Å². The number of halogens is 4. The Morgan fingerprint density at radius 2 is 1.81 bits per heavy atom. The van der Waals surface area contributed by atoms with Gasteiger partial charge in [0.25, 0.3) is 5.91 Å². The van der Waals surface area contributed by atoms with Crippen LogP contribution >= 0.6 is 0 Å². The molecule has 0 fully saturated rings. The highest BCUT2D eigenvalue weighted by atomic mass is 19.4. The van der Waals surface area contributed by atoms with Crippen molar-refractivity contribution in [3.63, 3.8) is 0 Å². The summed E-state index contributed by atoms with van der Waals surface area (Å²) in [6.07, 6.45) is -4.58. The summed E-state index contributed by atoms with van der Waals surface area (Å²) in [7, 11) is 1.36. The van der Waals surface area contributed by atoms with Crippen molar-refractivity contribution in [2.24, 2.45) is 7.05 Å². The average molecular weight is 379 g/mol. The van der Waals surface area contributed by atoms with E-state index in [4.69, 9.17) is 5.73 Å². The van der Waals surface area contributed by atoms with E-state index in [1.807, 2.05) is 0 Å². The molecule has 2 aromatic heterocycles. The Morgan fingerprint density at radius 1 is 1.15 bits per heavy atom.